The van der Waals surface area contributed by atoms with Gasteiger partial charge < -0.3 is 20.4 Å². The number of carbonyl (C=O) groups is 2. The maximum absolute atomic E-state index is 9.97. The van der Waals surface area contributed by atoms with Crippen LogP contribution in [0.5, 0.6) is 0 Å². The van der Waals surface area contributed by atoms with Crippen LogP contribution in [0, 0.1) is 0 Å². The Morgan fingerprint density at radius 3 is 2.70 bits per heavy atom. The maximum atomic E-state index is 9.97. The molecule has 0 aromatic carbocycles. The molecule has 4 nitrogen and oxygen atoms in total. The molecule has 0 aliphatic heterocycles. The number of aldehydes is 1. The van der Waals surface area contributed by atoms with E-state index in [1.54, 1.807) is 0 Å². The summed E-state index contributed by atoms with van der Waals surface area (Å²) in [7, 11) is 0. The SMILES string of the molecule is NC(CCCC=O)C(=O)[O-]. The van der Waals surface area contributed by atoms with Gasteiger partial charge in [0.1, 0.15) is 6.29 Å². The summed E-state index contributed by atoms with van der Waals surface area (Å²) in [5.74, 6) is -1.26. The standard InChI is InChI=1S/C6H11NO3/c7-5(6(9)10)3-1-2-4-8/h4-5H,1-3,7H2,(H,9,10)/p-1. The molecule has 0 saturated carbocycles. The normalized spacial score (nSPS) is 12.5. The van der Waals surface area contributed by atoms with Crippen LogP contribution in [0.2, 0.25) is 0 Å². The molecule has 0 heterocycles. The first-order chi connectivity index (χ1) is 4.68. The molecule has 4 heteroatoms. The molecule has 10 heavy (non-hydrogen) atoms. The second kappa shape index (κ2) is 4.93. The van der Waals surface area contributed by atoms with Gasteiger partial charge in [-0.1, -0.05) is 0 Å². The molecule has 1 unspecified atom stereocenters. The van der Waals surface area contributed by atoms with Gasteiger partial charge >= 0.3 is 0 Å². The van der Waals surface area contributed by atoms with Crippen LogP contribution in [0.1, 0.15) is 19.3 Å². The molecule has 0 radical (unpaired) electrons. The van der Waals surface area contributed by atoms with Crippen molar-refractivity contribution in [3.05, 3.63) is 0 Å². The number of unbranched alkanes of at least 4 members (excludes halogenated alkanes) is 1. The monoisotopic (exact) mass is 144 g/mol. The largest absolute Gasteiger partial charge is 0.548 e. The Labute approximate surface area is 59.0 Å². The highest BCUT2D eigenvalue weighted by atomic mass is 16.4. The van der Waals surface area contributed by atoms with E-state index in [1.165, 1.54) is 0 Å². The van der Waals surface area contributed by atoms with Gasteiger partial charge in [0.15, 0.2) is 0 Å². The van der Waals surface area contributed by atoms with Crippen LogP contribution in [0.3, 0.4) is 0 Å². The summed E-state index contributed by atoms with van der Waals surface area (Å²) in [5.41, 5.74) is 5.08. The molecule has 58 valence electrons. The van der Waals surface area contributed by atoms with E-state index in [1.807, 2.05) is 0 Å². The first-order valence-corrected chi connectivity index (χ1v) is 3.08. The number of aliphatic carboxylic acids is 1. The highest BCUT2D eigenvalue weighted by Crippen LogP contribution is 1.95. The van der Waals surface area contributed by atoms with Crippen molar-refractivity contribution >= 4 is 12.3 Å². The van der Waals surface area contributed by atoms with E-state index < -0.39 is 12.0 Å². The van der Waals surface area contributed by atoms with E-state index in [4.69, 9.17) is 5.73 Å². The van der Waals surface area contributed by atoms with Gasteiger partial charge in [-0.3, -0.25) is 0 Å². The van der Waals surface area contributed by atoms with Crippen LogP contribution >= 0.6 is 0 Å². The van der Waals surface area contributed by atoms with Gasteiger partial charge in [-0.2, -0.15) is 0 Å². The molecule has 1 atom stereocenters. The van der Waals surface area contributed by atoms with Crippen LogP contribution in [0.4, 0.5) is 0 Å². The zero-order valence-corrected chi connectivity index (χ0v) is 5.58. The van der Waals surface area contributed by atoms with Gasteiger partial charge in [0.2, 0.25) is 0 Å². The second-order valence-electron chi connectivity index (χ2n) is 2.02. The van der Waals surface area contributed by atoms with Gasteiger partial charge in [-0.05, 0) is 12.8 Å². The van der Waals surface area contributed by atoms with Crippen LogP contribution < -0.4 is 10.8 Å². The number of nitrogens with two attached hydrogens (primary N) is 1. The van der Waals surface area contributed by atoms with Gasteiger partial charge in [-0.25, -0.2) is 0 Å². The highest BCUT2D eigenvalue weighted by Gasteiger charge is 2.00. The second-order valence-corrected chi connectivity index (χ2v) is 2.02. The minimum absolute atomic E-state index is 0.307. The van der Waals surface area contributed by atoms with Gasteiger partial charge in [0.05, 0.1) is 5.97 Å². The molecule has 0 amide bonds. The predicted molar refractivity (Wildman–Crippen MR) is 32.9 cm³/mol. The van der Waals surface area contributed by atoms with Crippen molar-refractivity contribution in [2.75, 3.05) is 0 Å². The third kappa shape index (κ3) is 4.03. The lowest BCUT2D eigenvalue weighted by Crippen LogP contribution is -2.41. The van der Waals surface area contributed by atoms with Gasteiger partial charge in [0.25, 0.3) is 0 Å². The number of hydrogen-bond acceptors (Lipinski definition) is 4. The fourth-order valence-corrected chi connectivity index (χ4v) is 0.539. The number of carboxylic acid groups (broad SMARTS) is 1. The summed E-state index contributed by atoms with van der Waals surface area (Å²) >= 11 is 0. The fourth-order valence-electron chi connectivity index (χ4n) is 0.539. The topological polar surface area (TPSA) is 83.2 Å². The summed E-state index contributed by atoms with van der Waals surface area (Å²) in [6.07, 6.45) is 1.92. The van der Waals surface area contributed by atoms with E-state index in [9.17, 15) is 14.7 Å². The lowest BCUT2D eigenvalue weighted by molar-refractivity contribution is -0.307. The Morgan fingerprint density at radius 2 is 2.30 bits per heavy atom. The number of carbonyl (C=O) groups excluding carboxylic acids is 2. The molecule has 2 N–H and O–H groups in total. The van der Waals surface area contributed by atoms with Crippen molar-refractivity contribution in [1.29, 1.82) is 0 Å². The van der Waals surface area contributed by atoms with Gasteiger partial charge in [-0.15, -0.1) is 0 Å². The minimum atomic E-state index is -1.26. The Balaban J connectivity index is 3.30. The smallest absolute Gasteiger partial charge is 0.119 e. The molecule has 0 bridgehead atoms. The molecule has 0 rings (SSSR count). The summed E-state index contributed by atoms with van der Waals surface area (Å²) < 4.78 is 0. The van der Waals surface area contributed by atoms with Crippen molar-refractivity contribution in [2.45, 2.75) is 25.3 Å². The van der Waals surface area contributed by atoms with E-state index in [-0.39, 0.29) is 0 Å². The number of carboxylic acids is 1. The minimum Gasteiger partial charge on any atom is -0.548 e. The van der Waals surface area contributed by atoms with Crippen molar-refractivity contribution < 1.29 is 14.7 Å². The molecule has 0 aromatic rings. The van der Waals surface area contributed by atoms with Crippen LogP contribution in [0.15, 0.2) is 0 Å². The zero-order chi connectivity index (χ0) is 7.98. The van der Waals surface area contributed by atoms with Crippen molar-refractivity contribution in [3.63, 3.8) is 0 Å². The first-order valence-electron chi connectivity index (χ1n) is 3.08. The maximum Gasteiger partial charge on any atom is 0.119 e. The van der Waals surface area contributed by atoms with Crippen molar-refractivity contribution in [3.8, 4) is 0 Å². The predicted octanol–water partition coefficient (Wildman–Crippen LogP) is -1.57. The molecule has 0 saturated heterocycles. The van der Waals surface area contributed by atoms with Gasteiger partial charge in [0, 0.05) is 12.5 Å². The highest BCUT2D eigenvalue weighted by molar-refractivity contribution is 5.70. The summed E-state index contributed by atoms with van der Waals surface area (Å²) in [6.45, 7) is 0. The molecule has 0 fully saturated rings. The fraction of sp³-hybridized carbons (Fsp3) is 0.667. The zero-order valence-electron chi connectivity index (χ0n) is 5.58. The van der Waals surface area contributed by atoms with E-state index in [0.29, 0.717) is 19.3 Å². The molecule has 0 aromatic heterocycles. The average molecular weight is 144 g/mol. The summed E-state index contributed by atoms with van der Waals surface area (Å²) in [4.78, 5) is 19.7. The Hall–Kier alpha value is -0.900. The third-order valence-corrected chi connectivity index (χ3v) is 1.14. The van der Waals surface area contributed by atoms with Crippen LogP contribution in [-0.4, -0.2) is 18.3 Å². The lowest BCUT2D eigenvalue weighted by Gasteiger charge is -2.10. The molecule has 0 spiro atoms. The molecule has 0 aliphatic carbocycles. The van der Waals surface area contributed by atoms with Crippen LogP contribution in [-0.2, 0) is 9.59 Å². The van der Waals surface area contributed by atoms with E-state index >= 15 is 0 Å². The molecular formula is C6H10NO3-. The Morgan fingerprint density at radius 1 is 1.70 bits per heavy atom. The van der Waals surface area contributed by atoms with Crippen LogP contribution in [0.25, 0.3) is 0 Å². The molecular weight excluding hydrogens is 134 g/mol. The van der Waals surface area contributed by atoms with Crippen molar-refractivity contribution in [2.24, 2.45) is 5.73 Å². The summed E-state index contributed by atoms with van der Waals surface area (Å²) in [6, 6.07) is -0.931. The van der Waals surface area contributed by atoms with E-state index in [2.05, 4.69) is 0 Å². The summed E-state index contributed by atoms with van der Waals surface area (Å²) in [5, 5.41) is 9.97. The average Bonchev–Trinajstić information content (AvgIpc) is 1.88. The van der Waals surface area contributed by atoms with E-state index in [0.717, 1.165) is 6.29 Å². The number of rotatable bonds is 5. The Kier molecular flexibility index (Phi) is 4.49. The molecule has 0 aliphatic rings. The quantitative estimate of drug-likeness (QED) is 0.373. The van der Waals surface area contributed by atoms with Crippen molar-refractivity contribution in [1.82, 2.24) is 0 Å². The lowest BCUT2D eigenvalue weighted by atomic mass is 10.1. The third-order valence-electron chi connectivity index (χ3n) is 1.14. The Bertz CT molecular complexity index is 124. The number of hydrogen-bond donors (Lipinski definition) is 1. The first kappa shape index (κ1) is 9.10.